The van der Waals surface area contributed by atoms with Gasteiger partial charge >= 0.3 is 28.5 Å². The molecule has 0 N–H and O–H groups in total. The zero-order valence-electron chi connectivity index (χ0n) is 10.2. The minimum atomic E-state index is -6.49. The molecule has 0 aliphatic heterocycles. The Bertz CT molecular complexity index is 671. The molecule has 22 heavy (non-hydrogen) atoms. The number of nitrogens with zero attached hydrogens (tertiary/aromatic N) is 2. The number of aryl methyl sites for hydroxylation is 1. The first-order valence-corrected chi connectivity index (χ1v) is 6.51. The van der Waals surface area contributed by atoms with Gasteiger partial charge in [0.1, 0.15) is 5.56 Å². The molecule has 128 valence electrons. The van der Waals surface area contributed by atoms with Gasteiger partial charge in [-0.2, -0.15) is 48.6 Å². The van der Waals surface area contributed by atoms with Crippen LogP contribution in [0, 0.1) is 0 Å². The van der Waals surface area contributed by atoms with Crippen LogP contribution in [0.25, 0.3) is 0 Å². The van der Waals surface area contributed by atoms with Gasteiger partial charge in [-0.3, -0.25) is 4.68 Å². The summed E-state index contributed by atoms with van der Waals surface area (Å²) in [6.07, 6.45) is -12.5. The van der Waals surface area contributed by atoms with Gasteiger partial charge in [0, 0.05) is 6.54 Å². The molecule has 0 bridgehead atoms. The maximum atomic E-state index is 13.2. The van der Waals surface area contributed by atoms with Crippen molar-refractivity contribution in [3.63, 3.8) is 0 Å². The molecule has 0 unspecified atom stereocenters. The first kappa shape index (κ1) is 18.6. The number of alkyl halides is 8. The van der Waals surface area contributed by atoms with Gasteiger partial charge in [-0.25, -0.2) is 0 Å². The van der Waals surface area contributed by atoms with Gasteiger partial charge in [0.05, 0.1) is 0 Å². The summed E-state index contributed by atoms with van der Waals surface area (Å²) in [5.41, 5.74) is -5.91. The third kappa shape index (κ3) is 3.01. The molecule has 4 nitrogen and oxygen atoms in total. The van der Waals surface area contributed by atoms with Crippen molar-refractivity contribution in [3.8, 4) is 0 Å². The molecule has 0 spiro atoms. The summed E-state index contributed by atoms with van der Waals surface area (Å²) in [4.78, 5) is 0. The van der Waals surface area contributed by atoms with Gasteiger partial charge in [0.15, 0.2) is 10.7 Å². The first-order chi connectivity index (χ1) is 9.55. The van der Waals surface area contributed by atoms with Crippen LogP contribution >= 0.6 is 0 Å². The molecule has 1 aromatic heterocycles. The number of hydrogen-bond donors (Lipinski definition) is 0. The van der Waals surface area contributed by atoms with Crippen LogP contribution in [-0.2, 0) is 28.9 Å². The van der Waals surface area contributed by atoms with E-state index in [0.717, 1.165) is 6.92 Å². The fourth-order valence-corrected chi connectivity index (χ4v) is 2.40. The molecule has 0 radical (unpaired) electrons. The summed E-state index contributed by atoms with van der Waals surface area (Å²) in [6, 6.07) is 0. The van der Waals surface area contributed by atoms with Crippen LogP contribution in [0.3, 0.4) is 0 Å². The third-order valence-electron chi connectivity index (χ3n) is 2.37. The van der Waals surface area contributed by atoms with Crippen molar-refractivity contribution in [2.75, 3.05) is 0 Å². The topological polar surface area (TPSA) is 52.0 Å². The molecule has 0 amide bonds. The first-order valence-electron chi connectivity index (χ1n) is 5.12. The van der Waals surface area contributed by atoms with E-state index in [0.29, 0.717) is 0 Å². The molecule has 0 aliphatic carbocycles. The summed E-state index contributed by atoms with van der Waals surface area (Å²) in [5.74, 6) is -6.13. The van der Waals surface area contributed by atoms with Crippen molar-refractivity contribution in [1.29, 1.82) is 0 Å². The molecule has 1 rings (SSSR count). The van der Waals surface area contributed by atoms with E-state index in [1.165, 1.54) is 0 Å². The van der Waals surface area contributed by atoms with Crippen LogP contribution in [0.1, 0.15) is 18.2 Å². The number of aromatic nitrogens is 2. The summed E-state index contributed by atoms with van der Waals surface area (Å²) >= 11 is 0. The highest BCUT2D eigenvalue weighted by molar-refractivity contribution is 7.86. The number of halogens is 9. The van der Waals surface area contributed by atoms with Crippen LogP contribution in [-0.4, -0.2) is 24.4 Å². The molecule has 1 aromatic rings. The molecule has 14 heteroatoms. The Morgan fingerprint density at radius 1 is 1.05 bits per heavy atom. The molecule has 0 saturated heterocycles. The van der Waals surface area contributed by atoms with Gasteiger partial charge < -0.3 is 0 Å². The van der Waals surface area contributed by atoms with Gasteiger partial charge in [0.2, 0.25) is 0 Å². The van der Waals surface area contributed by atoms with Crippen molar-refractivity contribution < 1.29 is 47.4 Å². The number of rotatable bonds is 3. The fraction of sp³-hybridized carbons (Fsp3) is 0.625. The quantitative estimate of drug-likeness (QED) is 0.611. The van der Waals surface area contributed by atoms with E-state index in [-0.39, 0.29) is 0 Å². The largest absolute Gasteiger partial charge is 0.459 e. The standard InChI is InChI=1S/C8H5F9N2O2S/c1-2-19-5(22(17,20)21)3(7(11,12)13)4(18-19)6(9,10)8(14,15)16/h2H2,1H3. The Labute approximate surface area is 116 Å². The molecule has 0 atom stereocenters. The Morgan fingerprint density at radius 3 is 1.77 bits per heavy atom. The molecule has 0 fully saturated rings. The second-order valence-electron chi connectivity index (χ2n) is 3.85. The lowest BCUT2D eigenvalue weighted by Gasteiger charge is -2.19. The highest BCUT2D eigenvalue weighted by atomic mass is 32.3. The van der Waals surface area contributed by atoms with Crippen molar-refractivity contribution in [2.24, 2.45) is 0 Å². The minimum Gasteiger partial charge on any atom is -0.251 e. The van der Waals surface area contributed by atoms with Crippen molar-refractivity contribution in [3.05, 3.63) is 11.3 Å². The van der Waals surface area contributed by atoms with E-state index >= 15 is 0 Å². The summed E-state index contributed by atoms with van der Waals surface area (Å²) < 4.78 is 135. The van der Waals surface area contributed by atoms with Crippen molar-refractivity contribution in [1.82, 2.24) is 9.78 Å². The van der Waals surface area contributed by atoms with Crippen LogP contribution in [0.15, 0.2) is 5.03 Å². The van der Waals surface area contributed by atoms with Crippen LogP contribution < -0.4 is 0 Å². The summed E-state index contributed by atoms with van der Waals surface area (Å²) in [7, 11) is -6.26. The molecule has 0 aliphatic rings. The highest BCUT2D eigenvalue weighted by Gasteiger charge is 2.64. The molecule has 1 heterocycles. The summed E-state index contributed by atoms with van der Waals surface area (Å²) in [5, 5.41) is -0.0943. The smallest absolute Gasteiger partial charge is 0.251 e. The second kappa shape index (κ2) is 5.03. The Kier molecular flexibility index (Phi) is 4.24. The molecular weight excluding hydrogens is 359 g/mol. The van der Waals surface area contributed by atoms with E-state index in [1.54, 1.807) is 0 Å². The predicted molar refractivity (Wildman–Crippen MR) is 51.1 cm³/mol. The van der Waals surface area contributed by atoms with Crippen molar-refractivity contribution in [2.45, 2.75) is 36.8 Å². The summed E-state index contributed by atoms with van der Waals surface area (Å²) in [6.45, 7) is -0.0210. The zero-order valence-corrected chi connectivity index (χ0v) is 11.0. The van der Waals surface area contributed by atoms with Gasteiger partial charge in [-0.15, -0.1) is 0 Å². The average Bonchev–Trinajstić information content (AvgIpc) is 2.66. The molecule has 0 saturated carbocycles. The normalized spacial score (nSPS) is 14.5. The Hall–Kier alpha value is -1.47. The van der Waals surface area contributed by atoms with E-state index in [2.05, 4.69) is 5.10 Å². The maximum absolute atomic E-state index is 13.2. The highest BCUT2D eigenvalue weighted by Crippen LogP contribution is 2.49. The van der Waals surface area contributed by atoms with E-state index < -0.39 is 56.0 Å². The third-order valence-corrected chi connectivity index (χ3v) is 3.25. The monoisotopic (exact) mass is 364 g/mol. The lowest BCUT2D eigenvalue weighted by Crippen LogP contribution is -2.36. The predicted octanol–water partition coefficient (Wildman–Crippen LogP) is 3.23. The minimum absolute atomic E-state index is 0.423. The molecule has 0 aromatic carbocycles. The van der Waals surface area contributed by atoms with E-state index in [4.69, 9.17) is 0 Å². The average molecular weight is 364 g/mol. The number of hydrogen-bond acceptors (Lipinski definition) is 3. The lowest BCUT2D eigenvalue weighted by molar-refractivity contribution is -0.292. The van der Waals surface area contributed by atoms with Gasteiger partial charge in [0.25, 0.3) is 0 Å². The van der Waals surface area contributed by atoms with E-state index in [1.807, 2.05) is 0 Å². The van der Waals surface area contributed by atoms with Gasteiger partial charge in [-0.05, 0) is 6.92 Å². The second-order valence-corrected chi connectivity index (χ2v) is 5.11. The van der Waals surface area contributed by atoms with Crippen molar-refractivity contribution >= 4 is 10.2 Å². The maximum Gasteiger partial charge on any atom is 0.459 e. The Balaban J connectivity index is 3.95. The van der Waals surface area contributed by atoms with Crippen LogP contribution in [0.5, 0.6) is 0 Å². The van der Waals surface area contributed by atoms with Crippen LogP contribution in [0.4, 0.5) is 39.0 Å². The Morgan fingerprint density at radius 2 is 1.50 bits per heavy atom. The van der Waals surface area contributed by atoms with Gasteiger partial charge in [-0.1, -0.05) is 3.89 Å². The SMILES string of the molecule is CCn1nc(C(F)(F)C(F)(F)F)c(C(F)(F)F)c1S(=O)(=O)F. The van der Waals surface area contributed by atoms with E-state index in [9.17, 15) is 47.4 Å². The lowest BCUT2D eigenvalue weighted by atomic mass is 10.1. The molecular formula is C8H5F9N2O2S. The zero-order chi connectivity index (χ0) is 17.7. The van der Waals surface area contributed by atoms with Crippen LogP contribution in [0.2, 0.25) is 0 Å². The fourth-order valence-electron chi connectivity index (χ4n) is 1.52.